The fraction of sp³-hybridized carbons (Fsp3) is 0.303. The van der Waals surface area contributed by atoms with Crippen LogP contribution in [0.25, 0.3) is 10.9 Å². The normalized spacial score (nSPS) is 24.5. The molecule has 9 heteroatoms. The number of rotatable bonds is 8. The molecule has 2 saturated heterocycles. The second-order valence-corrected chi connectivity index (χ2v) is 11.4. The first kappa shape index (κ1) is 28.8. The van der Waals surface area contributed by atoms with Crippen molar-refractivity contribution >= 4 is 39.8 Å². The van der Waals surface area contributed by atoms with E-state index in [9.17, 15) is 5.26 Å². The number of aromatic nitrogens is 1. The number of piperazine rings is 1. The second-order valence-electron chi connectivity index (χ2n) is 10.5. The summed E-state index contributed by atoms with van der Waals surface area (Å²) in [7, 11) is 0. The molecular formula is C33H32Cl2N4O3. The number of hydrogen-bond acceptors (Lipinski definition) is 6. The first-order valence-corrected chi connectivity index (χ1v) is 14.8. The van der Waals surface area contributed by atoms with E-state index in [4.69, 9.17) is 37.4 Å². The van der Waals surface area contributed by atoms with E-state index < -0.39 is 6.41 Å². The molecule has 6 rings (SSSR count). The van der Waals surface area contributed by atoms with Crippen molar-refractivity contribution in [3.05, 3.63) is 112 Å². The Balaban J connectivity index is 1.13. The van der Waals surface area contributed by atoms with Crippen LogP contribution in [-0.4, -0.2) is 61.6 Å². The zero-order valence-electron chi connectivity index (χ0n) is 23.2. The minimum absolute atomic E-state index is 0.179. The van der Waals surface area contributed by atoms with Crippen molar-refractivity contribution < 1.29 is 14.2 Å². The van der Waals surface area contributed by atoms with Crippen molar-refractivity contribution in [3.8, 4) is 6.07 Å². The summed E-state index contributed by atoms with van der Waals surface area (Å²) < 4.78 is 20.7. The molecule has 7 nitrogen and oxygen atoms in total. The van der Waals surface area contributed by atoms with Crippen LogP contribution in [0.5, 0.6) is 0 Å². The van der Waals surface area contributed by atoms with Crippen molar-refractivity contribution in [2.75, 3.05) is 50.9 Å². The first-order valence-electron chi connectivity index (χ1n) is 14.1. The lowest BCUT2D eigenvalue weighted by atomic mass is 10.2. The fourth-order valence-electron chi connectivity index (χ4n) is 5.48. The SMILES string of the molecule is N#Cc1ccc2c(c1)cc(CN1CCN(c3ccc(Cl)c(Cl)c3)CC1)n2C1OCC(COCC2=C/C=C\C=C/C=C\2)O1. The van der Waals surface area contributed by atoms with Crippen molar-refractivity contribution in [2.45, 2.75) is 19.1 Å². The lowest BCUT2D eigenvalue weighted by Crippen LogP contribution is -2.46. The number of nitrogens with zero attached hydrogens (tertiary/aromatic N) is 4. The molecule has 2 fully saturated rings. The number of halogens is 2. The van der Waals surface area contributed by atoms with Crippen LogP contribution in [0.3, 0.4) is 0 Å². The molecule has 216 valence electrons. The van der Waals surface area contributed by atoms with Crippen LogP contribution in [0.4, 0.5) is 5.69 Å². The van der Waals surface area contributed by atoms with Crippen molar-refractivity contribution in [1.82, 2.24) is 9.47 Å². The van der Waals surface area contributed by atoms with Crippen LogP contribution < -0.4 is 4.90 Å². The highest BCUT2D eigenvalue weighted by Gasteiger charge is 2.31. The topological polar surface area (TPSA) is 62.9 Å². The van der Waals surface area contributed by atoms with E-state index in [-0.39, 0.29) is 6.10 Å². The summed E-state index contributed by atoms with van der Waals surface area (Å²) in [4.78, 5) is 4.76. The lowest BCUT2D eigenvalue weighted by molar-refractivity contribution is -0.121. The second kappa shape index (κ2) is 13.3. The fourth-order valence-corrected chi connectivity index (χ4v) is 5.77. The number of anilines is 1. The third kappa shape index (κ3) is 6.66. The van der Waals surface area contributed by atoms with Gasteiger partial charge in [-0.2, -0.15) is 5.26 Å². The van der Waals surface area contributed by atoms with Crippen LogP contribution in [0, 0.1) is 11.3 Å². The van der Waals surface area contributed by atoms with E-state index in [2.05, 4.69) is 26.5 Å². The summed E-state index contributed by atoms with van der Waals surface area (Å²) in [6, 6.07) is 15.9. The molecule has 1 aromatic heterocycles. The summed E-state index contributed by atoms with van der Waals surface area (Å²) in [6.07, 6.45) is 13.4. The van der Waals surface area contributed by atoms with Crippen LogP contribution in [0.15, 0.2) is 90.6 Å². The van der Waals surface area contributed by atoms with Gasteiger partial charge >= 0.3 is 0 Å². The monoisotopic (exact) mass is 602 g/mol. The van der Waals surface area contributed by atoms with Crippen molar-refractivity contribution in [1.29, 1.82) is 5.26 Å². The maximum Gasteiger partial charge on any atom is 0.245 e. The maximum atomic E-state index is 9.47. The van der Waals surface area contributed by atoms with Gasteiger partial charge < -0.3 is 19.1 Å². The highest BCUT2D eigenvalue weighted by atomic mass is 35.5. The van der Waals surface area contributed by atoms with E-state index in [1.165, 1.54) is 0 Å². The Kier molecular flexibility index (Phi) is 9.11. The number of nitriles is 1. The van der Waals surface area contributed by atoms with Gasteiger partial charge in [0.1, 0.15) is 6.10 Å². The maximum absolute atomic E-state index is 9.47. The third-order valence-corrected chi connectivity index (χ3v) is 8.39. The quantitative estimate of drug-likeness (QED) is 0.288. The van der Waals surface area contributed by atoms with Crippen LogP contribution in [-0.2, 0) is 20.8 Å². The molecule has 0 bridgehead atoms. The molecule has 0 saturated carbocycles. The summed E-state index contributed by atoms with van der Waals surface area (Å²) in [6.45, 7) is 5.66. The van der Waals surface area contributed by atoms with Gasteiger partial charge in [0.25, 0.3) is 0 Å². The molecule has 42 heavy (non-hydrogen) atoms. The molecule has 2 unspecified atom stereocenters. The standard InChI is InChI=1S/C33H32Cl2N4O3/c34-30-10-9-27(18-31(30)35)38-14-12-37(13-15-38)20-28-17-26-16-25(19-36)8-11-32(26)39(28)33-41-23-29(42-33)22-40-21-24-6-4-2-1-3-5-7-24/h1-11,16-18,29,33H,12-15,20-23H2/b2-1-,3-1?,4-2?,5-3-,6-4-,7-5?,24-6?,24-7+. The molecule has 0 N–H and O–H groups in total. The minimum Gasteiger partial charge on any atom is -0.374 e. The average Bonchev–Trinajstić information content (AvgIpc) is 3.59. The predicted octanol–water partition coefficient (Wildman–Crippen LogP) is 6.64. The van der Waals surface area contributed by atoms with Gasteiger partial charge in [-0.3, -0.25) is 9.47 Å². The number of hydrogen-bond donors (Lipinski definition) is 0. The first-order chi connectivity index (χ1) is 20.6. The minimum atomic E-state index is -0.565. The molecule has 0 radical (unpaired) electrons. The molecular weight excluding hydrogens is 571 g/mol. The van der Waals surface area contributed by atoms with Gasteiger partial charge in [0.2, 0.25) is 6.41 Å². The number of ether oxygens (including phenoxy) is 3. The number of benzene rings is 2. The molecule has 3 aliphatic rings. The molecule has 2 aromatic carbocycles. The van der Waals surface area contributed by atoms with Gasteiger partial charge in [-0.05, 0) is 48.0 Å². The van der Waals surface area contributed by atoms with Crippen LogP contribution >= 0.6 is 23.2 Å². The van der Waals surface area contributed by atoms with E-state index in [0.29, 0.717) is 35.4 Å². The predicted molar refractivity (Wildman–Crippen MR) is 167 cm³/mol. The molecule has 3 heterocycles. The van der Waals surface area contributed by atoms with Crippen LogP contribution in [0.2, 0.25) is 10.0 Å². The van der Waals surface area contributed by atoms with E-state index in [1.54, 1.807) is 0 Å². The Labute approximate surface area is 256 Å². The number of fused-ring (bicyclic) bond motifs is 1. The Morgan fingerprint density at radius 1 is 0.929 bits per heavy atom. The van der Waals surface area contributed by atoms with Gasteiger partial charge in [-0.1, -0.05) is 65.7 Å². The van der Waals surface area contributed by atoms with E-state index in [0.717, 1.165) is 60.6 Å². The summed E-state index contributed by atoms with van der Waals surface area (Å²) in [5.41, 5.74) is 4.87. The Morgan fingerprint density at radius 2 is 1.76 bits per heavy atom. The zero-order chi connectivity index (χ0) is 28.9. The molecule has 0 spiro atoms. The zero-order valence-corrected chi connectivity index (χ0v) is 24.7. The van der Waals surface area contributed by atoms with E-state index >= 15 is 0 Å². The summed E-state index contributed by atoms with van der Waals surface area (Å²) in [5.74, 6) is 0. The smallest absolute Gasteiger partial charge is 0.245 e. The highest BCUT2D eigenvalue weighted by molar-refractivity contribution is 6.42. The molecule has 2 atom stereocenters. The lowest BCUT2D eigenvalue weighted by Gasteiger charge is -2.36. The molecule has 1 aliphatic carbocycles. The van der Waals surface area contributed by atoms with Gasteiger partial charge in [0.05, 0.1) is 47.0 Å². The Morgan fingerprint density at radius 3 is 2.60 bits per heavy atom. The van der Waals surface area contributed by atoms with Crippen molar-refractivity contribution in [2.24, 2.45) is 0 Å². The summed E-state index contributed by atoms with van der Waals surface area (Å²) >= 11 is 12.4. The van der Waals surface area contributed by atoms with Gasteiger partial charge in [0, 0.05) is 49.5 Å². The summed E-state index contributed by atoms with van der Waals surface area (Å²) in [5, 5.41) is 11.6. The third-order valence-electron chi connectivity index (χ3n) is 7.66. The highest BCUT2D eigenvalue weighted by Crippen LogP contribution is 2.32. The van der Waals surface area contributed by atoms with Gasteiger partial charge in [-0.25, -0.2) is 0 Å². The molecule has 2 aliphatic heterocycles. The molecule has 3 aromatic rings. The van der Waals surface area contributed by atoms with E-state index in [1.807, 2.05) is 78.9 Å². The van der Waals surface area contributed by atoms with Gasteiger partial charge in [-0.15, -0.1) is 0 Å². The van der Waals surface area contributed by atoms with Crippen LogP contribution in [0.1, 0.15) is 17.7 Å². The largest absolute Gasteiger partial charge is 0.374 e. The number of allylic oxidation sites excluding steroid dienone is 6. The molecule has 0 amide bonds. The Hall–Kier alpha value is -3.35. The van der Waals surface area contributed by atoms with Crippen molar-refractivity contribution in [3.63, 3.8) is 0 Å². The Bertz CT molecular complexity index is 1590. The average molecular weight is 604 g/mol. The van der Waals surface area contributed by atoms with Gasteiger partial charge in [0.15, 0.2) is 0 Å².